The number of hydrogen-bond acceptors (Lipinski definition) is 1. The zero-order valence-electron chi connectivity index (χ0n) is 12.1. The minimum atomic E-state index is -2.15. The SMILES string of the molecule is CCC[CH2][Al]([CH2]CCC)[O]c1c(F)c(F)c(F)c(F)c1F. The van der Waals surface area contributed by atoms with E-state index >= 15 is 0 Å². The molecule has 118 valence electrons. The number of halogens is 5. The zero-order valence-corrected chi connectivity index (χ0v) is 13.3. The molecule has 0 amide bonds. The fourth-order valence-electron chi connectivity index (χ4n) is 1.98. The Morgan fingerprint density at radius 1 is 0.714 bits per heavy atom. The molecule has 0 radical (unpaired) electrons. The lowest BCUT2D eigenvalue weighted by Gasteiger charge is -2.17. The first-order valence-electron chi connectivity index (χ1n) is 7.12. The second-order valence-electron chi connectivity index (χ2n) is 4.92. The molecular formula is C14H18AlF5O. The van der Waals surface area contributed by atoms with Gasteiger partial charge in [0.25, 0.3) is 0 Å². The van der Waals surface area contributed by atoms with Crippen LogP contribution in [0.3, 0.4) is 0 Å². The molecule has 0 aliphatic rings. The third kappa shape index (κ3) is 4.59. The summed E-state index contributed by atoms with van der Waals surface area (Å²) < 4.78 is 71.6. The minimum absolute atomic E-state index is 0.649. The van der Waals surface area contributed by atoms with Crippen LogP contribution in [0.5, 0.6) is 5.75 Å². The quantitative estimate of drug-likeness (QED) is 0.271. The lowest BCUT2D eigenvalue weighted by Crippen LogP contribution is -2.23. The molecule has 7 heteroatoms. The van der Waals surface area contributed by atoms with E-state index in [1.165, 1.54) is 0 Å². The van der Waals surface area contributed by atoms with Crippen LogP contribution in [-0.2, 0) is 0 Å². The van der Waals surface area contributed by atoms with Crippen molar-refractivity contribution in [2.75, 3.05) is 0 Å². The van der Waals surface area contributed by atoms with Crippen molar-refractivity contribution in [3.63, 3.8) is 0 Å². The van der Waals surface area contributed by atoms with Gasteiger partial charge in [-0.15, -0.1) is 0 Å². The van der Waals surface area contributed by atoms with E-state index in [0.29, 0.717) is 10.6 Å². The van der Waals surface area contributed by atoms with E-state index in [1.807, 2.05) is 13.8 Å². The molecule has 0 unspecified atom stereocenters. The van der Waals surface area contributed by atoms with E-state index in [1.54, 1.807) is 0 Å². The summed E-state index contributed by atoms with van der Waals surface area (Å²) in [4.78, 5) is 0. The average molecular weight is 324 g/mol. The molecule has 0 bridgehead atoms. The highest BCUT2D eigenvalue weighted by Gasteiger charge is 2.31. The molecule has 0 saturated carbocycles. The summed E-state index contributed by atoms with van der Waals surface area (Å²) in [5.41, 5.74) is 0. The average Bonchev–Trinajstić information content (AvgIpc) is 2.49. The fraction of sp³-hybridized carbons (Fsp3) is 0.571. The molecule has 0 fully saturated rings. The topological polar surface area (TPSA) is 9.23 Å². The van der Waals surface area contributed by atoms with E-state index in [0.717, 1.165) is 25.7 Å². The number of rotatable bonds is 8. The third-order valence-corrected chi connectivity index (χ3v) is 5.89. The van der Waals surface area contributed by atoms with Gasteiger partial charge in [-0.25, -0.2) is 13.2 Å². The van der Waals surface area contributed by atoms with E-state index in [9.17, 15) is 22.0 Å². The standard InChI is InChI=1S/C6HF5O.2C4H9.Al/c7-1-2(8)4(10)6(12)5(11)3(1)9;2*1-3-4-2;/h12H;2*1,3-4H2,2H3;/q;;;+1/p-1. The Morgan fingerprint density at radius 2 is 1.10 bits per heavy atom. The Kier molecular flexibility index (Phi) is 7.47. The van der Waals surface area contributed by atoms with Crippen molar-refractivity contribution in [2.45, 2.75) is 50.1 Å². The minimum Gasteiger partial charge on any atom is -0.638 e. The number of benzene rings is 1. The summed E-state index contributed by atoms with van der Waals surface area (Å²) in [6, 6.07) is 0. The molecule has 0 spiro atoms. The maximum Gasteiger partial charge on any atom is 0.546 e. The fourth-order valence-corrected chi connectivity index (χ4v) is 4.77. The highest BCUT2D eigenvalue weighted by atomic mass is 27.2. The molecule has 0 saturated heterocycles. The molecule has 0 N–H and O–H groups in total. The molecule has 0 heterocycles. The Hall–Kier alpha value is -0.798. The summed E-state index contributed by atoms with van der Waals surface area (Å²) in [6.07, 6.45) is 3.40. The highest BCUT2D eigenvalue weighted by Crippen LogP contribution is 2.30. The Labute approximate surface area is 125 Å². The van der Waals surface area contributed by atoms with Crippen molar-refractivity contribution in [1.29, 1.82) is 0 Å². The van der Waals surface area contributed by atoms with Crippen LogP contribution in [0.15, 0.2) is 0 Å². The molecule has 21 heavy (non-hydrogen) atoms. The largest absolute Gasteiger partial charge is 0.638 e. The van der Waals surface area contributed by atoms with Crippen molar-refractivity contribution in [3.8, 4) is 5.75 Å². The van der Waals surface area contributed by atoms with Gasteiger partial charge in [-0.1, -0.05) is 50.1 Å². The van der Waals surface area contributed by atoms with Crippen LogP contribution in [0.2, 0.25) is 10.6 Å². The Bertz CT molecular complexity index is 444. The van der Waals surface area contributed by atoms with Gasteiger partial charge < -0.3 is 3.79 Å². The lowest BCUT2D eigenvalue weighted by atomic mass is 10.3. The van der Waals surface area contributed by atoms with Gasteiger partial charge in [0.05, 0.1) is 0 Å². The van der Waals surface area contributed by atoms with Crippen LogP contribution in [0.4, 0.5) is 22.0 Å². The van der Waals surface area contributed by atoms with E-state index in [4.69, 9.17) is 3.79 Å². The Balaban J connectivity index is 3.02. The van der Waals surface area contributed by atoms with Crippen LogP contribution in [0, 0.1) is 29.1 Å². The van der Waals surface area contributed by atoms with Crippen molar-refractivity contribution in [2.24, 2.45) is 0 Å². The maximum absolute atomic E-state index is 13.6. The second kappa shape index (κ2) is 8.60. The van der Waals surface area contributed by atoms with Gasteiger partial charge >= 0.3 is 14.5 Å². The first kappa shape index (κ1) is 18.3. The predicted molar refractivity (Wildman–Crippen MR) is 72.0 cm³/mol. The first-order valence-corrected chi connectivity index (χ1v) is 9.22. The molecule has 0 atom stereocenters. The third-order valence-electron chi connectivity index (χ3n) is 3.21. The summed E-state index contributed by atoms with van der Waals surface area (Å²) in [7, 11) is 0. The highest BCUT2D eigenvalue weighted by molar-refractivity contribution is 6.52. The van der Waals surface area contributed by atoms with Crippen molar-refractivity contribution in [3.05, 3.63) is 29.1 Å². The number of hydrogen-bond donors (Lipinski definition) is 0. The monoisotopic (exact) mass is 324 g/mol. The van der Waals surface area contributed by atoms with Gasteiger partial charge in [-0.05, 0) is 0 Å². The van der Waals surface area contributed by atoms with Gasteiger partial charge in [-0.3, -0.25) is 0 Å². The lowest BCUT2D eigenvalue weighted by molar-refractivity contribution is 0.347. The maximum atomic E-state index is 13.6. The first-order chi connectivity index (χ1) is 9.93. The summed E-state index contributed by atoms with van der Waals surface area (Å²) in [6.45, 7) is 3.92. The summed E-state index contributed by atoms with van der Waals surface area (Å²) >= 11 is -2.04. The predicted octanol–water partition coefficient (Wildman–Crippen LogP) is 5.35. The molecule has 1 rings (SSSR count). The van der Waals surface area contributed by atoms with Gasteiger partial charge in [0, 0.05) is 0 Å². The molecule has 1 nitrogen and oxygen atoms in total. The van der Waals surface area contributed by atoms with Crippen LogP contribution in [0.1, 0.15) is 39.5 Å². The van der Waals surface area contributed by atoms with Crippen molar-refractivity contribution >= 4 is 14.5 Å². The summed E-state index contributed by atoms with van der Waals surface area (Å²) in [5.74, 6) is -10.9. The molecule has 0 aliphatic heterocycles. The molecular weight excluding hydrogens is 306 g/mol. The van der Waals surface area contributed by atoms with E-state index < -0.39 is 49.3 Å². The van der Waals surface area contributed by atoms with Gasteiger partial charge in [0.1, 0.15) is 0 Å². The molecule has 0 aromatic heterocycles. The van der Waals surface area contributed by atoms with Gasteiger partial charge in [-0.2, -0.15) is 8.78 Å². The molecule has 1 aromatic rings. The summed E-state index contributed by atoms with van der Waals surface area (Å²) in [5, 5.41) is 1.30. The van der Waals surface area contributed by atoms with E-state index in [-0.39, 0.29) is 0 Å². The second-order valence-corrected chi connectivity index (χ2v) is 7.56. The van der Waals surface area contributed by atoms with Crippen molar-refractivity contribution < 1.29 is 25.7 Å². The van der Waals surface area contributed by atoms with Gasteiger partial charge in [0.15, 0.2) is 5.75 Å². The molecule has 1 aromatic carbocycles. The van der Waals surface area contributed by atoms with Crippen LogP contribution in [-0.4, -0.2) is 14.5 Å². The van der Waals surface area contributed by atoms with Crippen LogP contribution >= 0.6 is 0 Å². The molecule has 0 aliphatic carbocycles. The van der Waals surface area contributed by atoms with Gasteiger partial charge in [0.2, 0.25) is 29.1 Å². The zero-order chi connectivity index (χ0) is 16.0. The normalized spacial score (nSPS) is 10.8. The Morgan fingerprint density at radius 3 is 1.48 bits per heavy atom. The van der Waals surface area contributed by atoms with Crippen molar-refractivity contribution in [1.82, 2.24) is 0 Å². The smallest absolute Gasteiger partial charge is 0.546 e. The van der Waals surface area contributed by atoms with Crippen LogP contribution in [0.25, 0.3) is 0 Å². The van der Waals surface area contributed by atoms with E-state index in [2.05, 4.69) is 0 Å². The van der Waals surface area contributed by atoms with Crippen LogP contribution < -0.4 is 3.79 Å². The number of unbranched alkanes of at least 4 members (excludes halogenated alkanes) is 2.